The zero-order valence-electron chi connectivity index (χ0n) is 11.8. The molecule has 19 heavy (non-hydrogen) atoms. The van der Waals surface area contributed by atoms with Crippen molar-refractivity contribution < 1.29 is 9.47 Å². The molecule has 0 saturated carbocycles. The number of methoxy groups -OCH3 is 1. The molecule has 1 aliphatic heterocycles. The van der Waals surface area contributed by atoms with Gasteiger partial charge in [-0.05, 0) is 37.5 Å². The molecule has 0 bridgehead atoms. The van der Waals surface area contributed by atoms with Gasteiger partial charge in [0.1, 0.15) is 5.75 Å². The molecule has 0 spiro atoms. The highest BCUT2D eigenvalue weighted by molar-refractivity contribution is 9.10. The van der Waals surface area contributed by atoms with Crippen molar-refractivity contribution in [2.75, 3.05) is 20.3 Å². The van der Waals surface area contributed by atoms with E-state index in [-0.39, 0.29) is 5.41 Å². The summed E-state index contributed by atoms with van der Waals surface area (Å²) in [5.74, 6) is 0.900. The third-order valence-electron chi connectivity index (χ3n) is 4.07. The number of ether oxygens (including phenoxy) is 2. The molecular weight excluding hydrogens is 306 g/mol. The third kappa shape index (κ3) is 2.05. The Balaban J connectivity index is 2.72. The van der Waals surface area contributed by atoms with Gasteiger partial charge in [-0.3, -0.25) is 0 Å². The maximum Gasteiger partial charge on any atom is 0.126 e. The van der Waals surface area contributed by atoms with Crippen molar-refractivity contribution in [2.45, 2.75) is 32.6 Å². The Kier molecular flexibility index (Phi) is 3.89. The number of hydrogen-bond acceptors (Lipinski definition) is 3. The van der Waals surface area contributed by atoms with E-state index in [0.29, 0.717) is 19.6 Å². The largest absolute Gasteiger partial charge is 0.496 e. The smallest absolute Gasteiger partial charge is 0.126 e. The Labute approximate surface area is 122 Å². The van der Waals surface area contributed by atoms with Crippen LogP contribution in [0.4, 0.5) is 0 Å². The quantitative estimate of drug-likeness (QED) is 0.854. The van der Waals surface area contributed by atoms with Crippen molar-refractivity contribution >= 4 is 15.9 Å². The second-order valence-electron chi connectivity index (χ2n) is 5.21. The molecule has 0 atom stereocenters. The van der Waals surface area contributed by atoms with E-state index in [0.717, 1.165) is 26.9 Å². The molecular formula is C15H18BrNO2. The molecule has 1 saturated heterocycles. The lowest BCUT2D eigenvalue weighted by Crippen LogP contribution is -2.47. The van der Waals surface area contributed by atoms with E-state index < -0.39 is 0 Å². The summed E-state index contributed by atoms with van der Waals surface area (Å²) in [4.78, 5) is 0. The first-order valence-electron chi connectivity index (χ1n) is 6.27. The Morgan fingerprint density at radius 1 is 1.26 bits per heavy atom. The SMILES string of the molecule is COc1c(C)c(C)c(Br)c(C)c1C1(CC#N)COC1. The fraction of sp³-hybridized carbons (Fsp3) is 0.533. The molecule has 0 amide bonds. The molecule has 1 aliphatic rings. The zero-order valence-corrected chi connectivity index (χ0v) is 13.3. The highest BCUT2D eigenvalue weighted by Gasteiger charge is 2.44. The minimum Gasteiger partial charge on any atom is -0.496 e. The van der Waals surface area contributed by atoms with Crippen molar-refractivity contribution in [2.24, 2.45) is 0 Å². The van der Waals surface area contributed by atoms with Gasteiger partial charge in [0.25, 0.3) is 0 Å². The number of hydrogen-bond donors (Lipinski definition) is 0. The second kappa shape index (κ2) is 5.15. The zero-order chi connectivity index (χ0) is 14.2. The fourth-order valence-corrected chi connectivity index (χ4v) is 3.31. The first kappa shape index (κ1) is 14.4. The molecule has 4 heteroatoms. The van der Waals surface area contributed by atoms with Crippen molar-refractivity contribution in [1.82, 2.24) is 0 Å². The Morgan fingerprint density at radius 3 is 2.32 bits per heavy atom. The van der Waals surface area contributed by atoms with E-state index in [1.54, 1.807) is 7.11 Å². The average Bonchev–Trinajstić information content (AvgIpc) is 2.36. The van der Waals surface area contributed by atoms with Crippen LogP contribution in [0, 0.1) is 32.1 Å². The molecule has 0 aromatic heterocycles. The Morgan fingerprint density at radius 2 is 1.89 bits per heavy atom. The van der Waals surface area contributed by atoms with Gasteiger partial charge < -0.3 is 9.47 Å². The lowest BCUT2D eigenvalue weighted by Gasteiger charge is -2.42. The molecule has 0 unspecified atom stereocenters. The molecule has 1 fully saturated rings. The van der Waals surface area contributed by atoms with Gasteiger partial charge in [-0.1, -0.05) is 15.9 Å². The van der Waals surface area contributed by atoms with Crippen molar-refractivity contribution in [1.29, 1.82) is 5.26 Å². The van der Waals surface area contributed by atoms with Gasteiger partial charge in [0.2, 0.25) is 0 Å². The minimum atomic E-state index is -0.217. The van der Waals surface area contributed by atoms with Crippen LogP contribution in [0.1, 0.15) is 28.7 Å². The van der Waals surface area contributed by atoms with Crippen LogP contribution in [0.15, 0.2) is 4.47 Å². The van der Waals surface area contributed by atoms with Crippen molar-refractivity contribution in [3.63, 3.8) is 0 Å². The van der Waals surface area contributed by atoms with E-state index in [4.69, 9.17) is 14.7 Å². The van der Waals surface area contributed by atoms with Gasteiger partial charge >= 0.3 is 0 Å². The summed E-state index contributed by atoms with van der Waals surface area (Å²) in [6, 6.07) is 2.29. The molecule has 1 aromatic rings. The summed E-state index contributed by atoms with van der Waals surface area (Å²) in [5.41, 5.74) is 4.37. The normalized spacial score (nSPS) is 16.6. The van der Waals surface area contributed by atoms with Gasteiger partial charge in [0, 0.05) is 16.5 Å². The summed E-state index contributed by atoms with van der Waals surface area (Å²) < 4.78 is 12.1. The van der Waals surface area contributed by atoms with E-state index in [1.165, 1.54) is 5.56 Å². The number of nitriles is 1. The number of benzene rings is 1. The predicted octanol–water partition coefficient (Wildman–Crippen LogP) is 3.56. The monoisotopic (exact) mass is 323 g/mol. The number of rotatable bonds is 3. The predicted molar refractivity (Wildman–Crippen MR) is 77.6 cm³/mol. The summed E-state index contributed by atoms with van der Waals surface area (Å²) in [6.07, 6.45) is 0.457. The maximum absolute atomic E-state index is 9.12. The molecule has 102 valence electrons. The van der Waals surface area contributed by atoms with Gasteiger partial charge in [-0.25, -0.2) is 0 Å². The van der Waals surface area contributed by atoms with Crippen molar-refractivity contribution in [3.8, 4) is 11.8 Å². The summed E-state index contributed by atoms with van der Waals surface area (Å²) in [7, 11) is 1.69. The fourth-order valence-electron chi connectivity index (χ4n) is 2.81. The van der Waals surface area contributed by atoms with Crippen LogP contribution >= 0.6 is 15.9 Å². The van der Waals surface area contributed by atoms with E-state index in [1.807, 2.05) is 0 Å². The standard InChI is InChI=1S/C15H18BrNO2/c1-9-10(2)14(18-4)12(11(3)13(9)16)15(5-6-17)7-19-8-15/h5,7-8H2,1-4H3. The Bertz CT molecular complexity index is 556. The maximum atomic E-state index is 9.12. The van der Waals surface area contributed by atoms with Crippen LogP contribution in [-0.2, 0) is 10.2 Å². The molecule has 1 aromatic carbocycles. The second-order valence-corrected chi connectivity index (χ2v) is 6.00. The molecule has 0 N–H and O–H groups in total. The lowest BCUT2D eigenvalue weighted by atomic mass is 9.73. The van der Waals surface area contributed by atoms with Crippen LogP contribution in [-0.4, -0.2) is 20.3 Å². The van der Waals surface area contributed by atoms with Gasteiger partial charge in [-0.2, -0.15) is 5.26 Å². The molecule has 2 rings (SSSR count). The first-order valence-corrected chi connectivity index (χ1v) is 7.06. The van der Waals surface area contributed by atoms with Crippen LogP contribution in [0.2, 0.25) is 0 Å². The highest BCUT2D eigenvalue weighted by Crippen LogP contribution is 2.47. The van der Waals surface area contributed by atoms with Crippen molar-refractivity contribution in [3.05, 3.63) is 26.7 Å². The minimum absolute atomic E-state index is 0.217. The van der Waals surface area contributed by atoms with Gasteiger partial charge in [0.15, 0.2) is 0 Å². The van der Waals surface area contributed by atoms with E-state index >= 15 is 0 Å². The van der Waals surface area contributed by atoms with E-state index in [2.05, 4.69) is 42.8 Å². The molecule has 0 radical (unpaired) electrons. The summed E-state index contributed by atoms with van der Waals surface area (Å²) in [5, 5.41) is 9.12. The van der Waals surface area contributed by atoms with Crippen LogP contribution in [0.5, 0.6) is 5.75 Å². The third-order valence-corrected chi connectivity index (χ3v) is 5.26. The summed E-state index contributed by atoms with van der Waals surface area (Å²) >= 11 is 3.66. The van der Waals surface area contributed by atoms with Crippen LogP contribution < -0.4 is 4.74 Å². The highest BCUT2D eigenvalue weighted by atomic mass is 79.9. The van der Waals surface area contributed by atoms with Gasteiger partial charge in [-0.15, -0.1) is 0 Å². The van der Waals surface area contributed by atoms with E-state index in [9.17, 15) is 0 Å². The van der Waals surface area contributed by atoms with Crippen LogP contribution in [0.3, 0.4) is 0 Å². The average molecular weight is 324 g/mol. The first-order chi connectivity index (χ1) is 8.98. The Hall–Kier alpha value is -1.05. The topological polar surface area (TPSA) is 42.2 Å². The molecule has 1 heterocycles. The summed E-state index contributed by atoms with van der Waals surface area (Å²) in [6.45, 7) is 7.39. The lowest BCUT2D eigenvalue weighted by molar-refractivity contribution is -0.0589. The van der Waals surface area contributed by atoms with Crippen LogP contribution in [0.25, 0.3) is 0 Å². The molecule has 0 aliphatic carbocycles. The number of nitrogens with zero attached hydrogens (tertiary/aromatic N) is 1. The van der Waals surface area contributed by atoms with Gasteiger partial charge in [0.05, 0.1) is 31.8 Å². The number of halogens is 1. The molecule has 3 nitrogen and oxygen atoms in total.